The molecule has 57 valence electrons. The number of nitrogens with one attached hydrogen (secondary N) is 1. The van der Waals surface area contributed by atoms with Gasteiger partial charge in [0.05, 0.1) is 5.69 Å². The Morgan fingerprint density at radius 1 is 1.82 bits per heavy atom. The minimum Gasteiger partial charge on any atom is -0.384 e. The minimum atomic E-state index is -0.0521. The fraction of sp³-hybridized carbons (Fsp3) is 0.429. The van der Waals surface area contributed by atoms with E-state index in [0.29, 0.717) is 6.42 Å². The van der Waals surface area contributed by atoms with Crippen LogP contribution in [0.15, 0.2) is 11.4 Å². The lowest BCUT2D eigenvalue weighted by Gasteiger charge is -2.01. The Morgan fingerprint density at radius 2 is 2.73 bits per heavy atom. The lowest BCUT2D eigenvalue weighted by Crippen LogP contribution is -1.97. The van der Waals surface area contributed by atoms with E-state index in [1.165, 1.54) is 0 Å². The van der Waals surface area contributed by atoms with Gasteiger partial charge in [-0.2, -0.15) is 0 Å². The summed E-state index contributed by atoms with van der Waals surface area (Å²) in [6, 6.07) is 0. The molecule has 1 unspecified atom stereocenters. The molecular formula is C7H8N3O. The van der Waals surface area contributed by atoms with Crippen LogP contribution in [0.25, 0.3) is 0 Å². The summed E-state index contributed by atoms with van der Waals surface area (Å²) < 4.78 is 0. The zero-order chi connectivity index (χ0) is 7.68. The number of H-pyrrole nitrogens is 1. The predicted octanol–water partition coefficient (Wildman–Crippen LogP) is 1.04. The van der Waals surface area contributed by atoms with Gasteiger partial charge in [0.25, 0.3) is 0 Å². The molecule has 0 fully saturated rings. The lowest BCUT2D eigenvalue weighted by molar-refractivity contribution is 0.0798. The minimum absolute atomic E-state index is 0.0521. The molecule has 1 aliphatic rings. The number of hydrogen-bond acceptors (Lipinski definition) is 3. The largest absolute Gasteiger partial charge is 0.384 e. The van der Waals surface area contributed by atoms with E-state index in [-0.39, 0.29) is 6.10 Å². The summed E-state index contributed by atoms with van der Waals surface area (Å²) in [5.74, 6) is 0.830. The van der Waals surface area contributed by atoms with Crippen molar-refractivity contribution < 1.29 is 4.84 Å². The molecule has 1 atom stereocenters. The van der Waals surface area contributed by atoms with Gasteiger partial charge in [0.15, 0.2) is 11.9 Å². The Bertz CT molecular complexity index is 271. The van der Waals surface area contributed by atoms with Crippen molar-refractivity contribution in [2.75, 3.05) is 0 Å². The van der Waals surface area contributed by atoms with E-state index < -0.39 is 0 Å². The molecule has 1 aliphatic heterocycles. The van der Waals surface area contributed by atoms with Crippen LogP contribution in [0.4, 0.5) is 0 Å². The molecule has 2 heterocycles. The fourth-order valence-corrected chi connectivity index (χ4v) is 1.00. The van der Waals surface area contributed by atoms with Crippen molar-refractivity contribution in [3.63, 3.8) is 0 Å². The van der Waals surface area contributed by atoms with Gasteiger partial charge in [0.2, 0.25) is 0 Å². The van der Waals surface area contributed by atoms with Crippen molar-refractivity contribution in [1.29, 1.82) is 0 Å². The maximum atomic E-state index is 4.97. The predicted molar refractivity (Wildman–Crippen MR) is 39.2 cm³/mol. The summed E-state index contributed by atoms with van der Waals surface area (Å²) in [6.45, 7) is 1.93. The Hall–Kier alpha value is -1.32. The van der Waals surface area contributed by atoms with Crippen LogP contribution in [0.2, 0.25) is 0 Å². The molecule has 0 saturated heterocycles. The Balaban J connectivity index is 2.17. The molecule has 2 rings (SSSR count). The molecule has 11 heavy (non-hydrogen) atoms. The summed E-state index contributed by atoms with van der Waals surface area (Å²) in [5, 5.41) is 3.54. The topological polar surface area (TPSA) is 50.3 Å². The molecule has 0 aromatic carbocycles. The molecule has 0 saturated carbocycles. The van der Waals surface area contributed by atoms with E-state index in [1.54, 1.807) is 0 Å². The first-order valence-electron chi connectivity index (χ1n) is 3.47. The molecular weight excluding hydrogens is 142 g/mol. The monoisotopic (exact) mass is 150 g/mol. The van der Waals surface area contributed by atoms with E-state index in [4.69, 9.17) is 4.84 Å². The van der Waals surface area contributed by atoms with Crippen LogP contribution in [-0.2, 0) is 4.84 Å². The molecule has 0 amide bonds. The van der Waals surface area contributed by atoms with Gasteiger partial charge in [0, 0.05) is 12.6 Å². The first-order valence-corrected chi connectivity index (χ1v) is 3.47. The molecule has 0 aliphatic carbocycles. The highest BCUT2D eigenvalue weighted by atomic mass is 16.6. The zero-order valence-electron chi connectivity index (χ0n) is 6.16. The van der Waals surface area contributed by atoms with Crippen LogP contribution < -0.4 is 0 Å². The van der Waals surface area contributed by atoms with Crippen LogP contribution in [0.3, 0.4) is 0 Å². The second-order valence-electron chi connectivity index (χ2n) is 2.47. The van der Waals surface area contributed by atoms with Gasteiger partial charge in [-0.1, -0.05) is 5.16 Å². The summed E-state index contributed by atoms with van der Waals surface area (Å²) >= 11 is 0. The van der Waals surface area contributed by atoms with Crippen LogP contribution >= 0.6 is 0 Å². The first kappa shape index (κ1) is 6.39. The van der Waals surface area contributed by atoms with Gasteiger partial charge < -0.3 is 9.82 Å². The lowest BCUT2D eigenvalue weighted by atomic mass is 10.3. The number of aromatic nitrogens is 2. The molecule has 0 spiro atoms. The van der Waals surface area contributed by atoms with Crippen LogP contribution in [0.1, 0.15) is 24.0 Å². The van der Waals surface area contributed by atoms with E-state index in [0.717, 1.165) is 11.5 Å². The highest BCUT2D eigenvalue weighted by Gasteiger charge is 2.18. The van der Waals surface area contributed by atoms with Gasteiger partial charge >= 0.3 is 0 Å². The van der Waals surface area contributed by atoms with E-state index in [9.17, 15) is 0 Å². The number of imidazole rings is 1. The van der Waals surface area contributed by atoms with Gasteiger partial charge in [-0.3, -0.25) is 0 Å². The van der Waals surface area contributed by atoms with Crippen molar-refractivity contribution in [2.24, 2.45) is 5.16 Å². The maximum absolute atomic E-state index is 4.97. The first-order chi connectivity index (χ1) is 5.36. The molecule has 1 aromatic heterocycles. The molecule has 1 aromatic rings. The molecule has 4 nitrogen and oxygen atoms in total. The second-order valence-corrected chi connectivity index (χ2v) is 2.47. The van der Waals surface area contributed by atoms with Gasteiger partial charge in [-0.05, 0) is 6.92 Å². The quantitative estimate of drug-likeness (QED) is 0.650. The third-order valence-corrected chi connectivity index (χ3v) is 1.55. The summed E-state index contributed by atoms with van der Waals surface area (Å²) in [6.07, 6.45) is 5.20. The average molecular weight is 150 g/mol. The number of aromatic amines is 1. The standard InChI is InChI=1S/C7H8N3O/c1-5-4-8-7(10-5)6-2-3-9-11-6/h4,6H,2H2,1H3,(H,8,10). The fourth-order valence-electron chi connectivity index (χ4n) is 1.00. The van der Waals surface area contributed by atoms with Gasteiger partial charge in [-0.15, -0.1) is 0 Å². The van der Waals surface area contributed by atoms with Crippen LogP contribution in [0, 0.1) is 6.92 Å². The Kier molecular flexibility index (Phi) is 1.38. The van der Waals surface area contributed by atoms with Crippen molar-refractivity contribution >= 4 is 6.21 Å². The highest BCUT2D eigenvalue weighted by molar-refractivity contribution is 5.58. The second kappa shape index (κ2) is 2.38. The van der Waals surface area contributed by atoms with Gasteiger partial charge in [0.1, 0.15) is 6.21 Å². The number of aryl methyl sites for hydroxylation is 1. The summed E-state index contributed by atoms with van der Waals surface area (Å²) in [7, 11) is 0. The molecule has 1 radical (unpaired) electrons. The summed E-state index contributed by atoms with van der Waals surface area (Å²) in [4.78, 5) is 12.2. The zero-order valence-corrected chi connectivity index (χ0v) is 6.16. The van der Waals surface area contributed by atoms with Crippen molar-refractivity contribution in [3.8, 4) is 0 Å². The van der Waals surface area contributed by atoms with E-state index in [2.05, 4.69) is 21.3 Å². The van der Waals surface area contributed by atoms with E-state index in [1.807, 2.05) is 13.1 Å². The molecule has 1 N–H and O–H groups in total. The smallest absolute Gasteiger partial charge is 0.190 e. The van der Waals surface area contributed by atoms with Crippen molar-refractivity contribution in [1.82, 2.24) is 9.97 Å². The third-order valence-electron chi connectivity index (χ3n) is 1.55. The van der Waals surface area contributed by atoms with Crippen molar-refractivity contribution in [3.05, 3.63) is 17.7 Å². The van der Waals surface area contributed by atoms with Crippen molar-refractivity contribution in [2.45, 2.75) is 19.4 Å². The number of rotatable bonds is 1. The number of hydrogen-bond donors (Lipinski definition) is 1. The molecule has 4 heteroatoms. The Labute approximate surface area is 64.3 Å². The average Bonchev–Trinajstić information content (AvgIpc) is 2.55. The number of nitrogens with zero attached hydrogens (tertiary/aromatic N) is 2. The highest BCUT2D eigenvalue weighted by Crippen LogP contribution is 2.20. The van der Waals surface area contributed by atoms with Crippen LogP contribution in [0.5, 0.6) is 0 Å². The Morgan fingerprint density at radius 3 is 3.27 bits per heavy atom. The van der Waals surface area contributed by atoms with Crippen LogP contribution in [-0.4, -0.2) is 16.2 Å². The van der Waals surface area contributed by atoms with E-state index >= 15 is 0 Å². The third kappa shape index (κ3) is 1.11. The SMILES string of the molecule is Cc1c[nH]c(C2C[C]=NO2)n1. The maximum Gasteiger partial charge on any atom is 0.190 e. The normalized spacial score (nSPS) is 22.1. The molecule has 0 bridgehead atoms. The van der Waals surface area contributed by atoms with Gasteiger partial charge in [-0.25, -0.2) is 4.98 Å². The summed E-state index contributed by atoms with van der Waals surface area (Å²) in [5.41, 5.74) is 0.968.